The quantitative estimate of drug-likeness (QED) is 0.0409. The molecule has 0 atom stereocenters. The van der Waals surface area contributed by atoms with Crippen molar-refractivity contribution in [1.82, 2.24) is 4.57 Å². The van der Waals surface area contributed by atoms with Crippen LogP contribution in [0.25, 0.3) is 72.0 Å². The van der Waals surface area contributed by atoms with Crippen molar-refractivity contribution in [2.24, 2.45) is 0 Å². The summed E-state index contributed by atoms with van der Waals surface area (Å²) in [7, 11) is 6.89. The Kier molecular flexibility index (Phi) is 19.1. The van der Waals surface area contributed by atoms with Crippen molar-refractivity contribution >= 4 is 38.9 Å². The minimum atomic E-state index is -0.410. The molecule has 10 heteroatoms. The van der Waals surface area contributed by atoms with Crippen LogP contribution in [0, 0.1) is 13.8 Å². The number of methoxy groups -OCH3 is 4. The van der Waals surface area contributed by atoms with Crippen LogP contribution in [0.1, 0.15) is 59.1 Å². The predicted molar refractivity (Wildman–Crippen MR) is 357 cm³/mol. The smallest absolute Gasteiger partial charge is 0.0700 e. The van der Waals surface area contributed by atoms with Crippen molar-refractivity contribution < 1.29 is 37.9 Å². The molecule has 2 aliphatic rings. The number of ether oxygens (including phenoxy) is 8. The Morgan fingerprint density at radius 2 is 0.727 bits per heavy atom. The normalized spacial score (nSPS) is 13.5. The van der Waals surface area contributed by atoms with Crippen LogP contribution in [0.2, 0.25) is 0 Å². The van der Waals surface area contributed by atoms with Crippen LogP contribution in [-0.4, -0.2) is 112 Å². The number of hydrogen-bond acceptors (Lipinski definition) is 9. The molecule has 0 spiro atoms. The van der Waals surface area contributed by atoms with Gasteiger partial charge in [-0.2, -0.15) is 0 Å². The standard InChI is InChI=1S/C78H82N2O8/c1-55-19-28-65-67-30-26-63(53-73(67)77(71(65)49-55,33-37-85-45-41-81-3)34-38-86-46-42-82-4)79(64-27-31-68-66-29-20-56(2)50-72(66)78(74(68)54-64,35-39-87-47-43-83-5)36-40-88-48-44-84-6)61-24-21-58(22-25-61)60-23-32-76-70(52-60)69-17-10-11-18-75(69)80(76)62-16-12-15-59(51-62)57-13-8-7-9-14-57/h7-32,49-54H,33-48H2,1-6H3. The fraction of sp³-hybridized carbons (Fsp3) is 0.308. The van der Waals surface area contributed by atoms with E-state index in [1.54, 1.807) is 28.4 Å². The van der Waals surface area contributed by atoms with Crippen molar-refractivity contribution in [3.05, 3.63) is 228 Å². The van der Waals surface area contributed by atoms with Crippen molar-refractivity contribution in [2.75, 3.05) is 113 Å². The predicted octanol–water partition coefficient (Wildman–Crippen LogP) is 16.9. The molecule has 0 bridgehead atoms. The van der Waals surface area contributed by atoms with Gasteiger partial charge in [0, 0.05) is 99.2 Å². The molecule has 0 fully saturated rings. The lowest BCUT2D eigenvalue weighted by molar-refractivity contribution is 0.0490. The number of fused-ring (bicyclic) bond motifs is 9. The Hall–Kier alpha value is -7.74. The second-order valence-electron chi connectivity index (χ2n) is 23.5. The molecule has 10 nitrogen and oxygen atoms in total. The number of hydrogen-bond donors (Lipinski definition) is 0. The molecule has 0 saturated heterocycles. The van der Waals surface area contributed by atoms with Crippen LogP contribution in [0.3, 0.4) is 0 Å². The second-order valence-corrected chi connectivity index (χ2v) is 23.5. The minimum Gasteiger partial charge on any atom is -0.382 e. The maximum Gasteiger partial charge on any atom is 0.0700 e. The van der Waals surface area contributed by atoms with Gasteiger partial charge in [-0.05, 0) is 173 Å². The van der Waals surface area contributed by atoms with Crippen LogP contribution >= 0.6 is 0 Å². The molecular formula is C78H82N2O8. The summed E-state index contributed by atoms with van der Waals surface area (Å²) in [4.78, 5) is 2.47. The second kappa shape index (κ2) is 27.8. The van der Waals surface area contributed by atoms with Crippen LogP contribution in [0.15, 0.2) is 194 Å². The number of para-hydroxylation sites is 1. The zero-order chi connectivity index (χ0) is 60.5. The molecule has 2 aliphatic carbocycles. The largest absolute Gasteiger partial charge is 0.382 e. The molecule has 0 unspecified atom stereocenters. The molecule has 452 valence electrons. The number of nitrogens with zero attached hydrogens (tertiary/aromatic N) is 2. The number of rotatable bonds is 30. The van der Waals surface area contributed by atoms with E-state index in [2.05, 4.69) is 217 Å². The highest BCUT2D eigenvalue weighted by Gasteiger charge is 2.45. The van der Waals surface area contributed by atoms with Crippen molar-refractivity contribution in [3.63, 3.8) is 0 Å². The summed E-state index contributed by atoms with van der Waals surface area (Å²) in [6.07, 6.45) is 3.08. The average Bonchev–Trinajstić information content (AvgIpc) is 2.19. The zero-order valence-corrected chi connectivity index (χ0v) is 51.9. The first-order valence-corrected chi connectivity index (χ1v) is 31.2. The summed E-state index contributed by atoms with van der Waals surface area (Å²) >= 11 is 0. The molecule has 0 amide bonds. The highest BCUT2D eigenvalue weighted by molar-refractivity contribution is 6.10. The summed E-state index contributed by atoms with van der Waals surface area (Å²) < 4.78 is 49.7. The van der Waals surface area contributed by atoms with Gasteiger partial charge in [0.25, 0.3) is 0 Å². The molecule has 0 saturated carbocycles. The third kappa shape index (κ3) is 12.1. The maximum absolute atomic E-state index is 6.38. The monoisotopic (exact) mass is 1170 g/mol. The Balaban J connectivity index is 0.998. The molecule has 0 radical (unpaired) electrons. The Bertz CT molecular complexity index is 3840. The highest BCUT2D eigenvalue weighted by Crippen LogP contribution is 2.57. The van der Waals surface area contributed by atoms with Gasteiger partial charge in [-0.3, -0.25) is 0 Å². The number of benzene rings is 9. The van der Waals surface area contributed by atoms with Crippen LogP contribution in [-0.2, 0) is 48.7 Å². The van der Waals surface area contributed by atoms with E-state index in [4.69, 9.17) is 37.9 Å². The number of aryl methyl sites for hydroxylation is 2. The van der Waals surface area contributed by atoms with Gasteiger partial charge < -0.3 is 47.4 Å². The Morgan fingerprint density at radius 3 is 1.24 bits per heavy atom. The summed E-state index contributed by atoms with van der Waals surface area (Å²) in [5, 5.41) is 2.43. The minimum absolute atomic E-state index is 0.410. The topological polar surface area (TPSA) is 82.0 Å². The average molecular weight is 1180 g/mol. The fourth-order valence-electron chi connectivity index (χ4n) is 13.9. The van der Waals surface area contributed by atoms with E-state index in [0.29, 0.717) is 79.3 Å². The summed E-state index contributed by atoms with van der Waals surface area (Å²) in [6, 6.07) is 72.6. The van der Waals surface area contributed by atoms with Crippen LogP contribution in [0.5, 0.6) is 0 Å². The Morgan fingerprint density at radius 1 is 0.318 bits per heavy atom. The summed E-state index contributed by atoms with van der Waals surface area (Å²) in [5.74, 6) is 0. The lowest BCUT2D eigenvalue weighted by Gasteiger charge is -2.35. The SMILES string of the molecule is COCCOCCC1(CCOCCOC)c2cc(C)ccc2-c2ccc(N(c3ccc(-c4ccc5c(c4)c4ccccc4n5-c4cccc(-c5ccccc5)c4)cc3)c3ccc4c(c3)C(CCOCCOC)(CCOCCOC)c3cc(C)ccc3-4)cc21. The van der Waals surface area contributed by atoms with E-state index in [-0.39, 0.29) is 0 Å². The highest BCUT2D eigenvalue weighted by atomic mass is 16.5. The van der Waals surface area contributed by atoms with Gasteiger partial charge in [-0.15, -0.1) is 0 Å². The molecule has 0 aliphatic heterocycles. The maximum atomic E-state index is 6.38. The first-order chi connectivity index (χ1) is 43.3. The third-order valence-electron chi connectivity index (χ3n) is 18.3. The molecule has 88 heavy (non-hydrogen) atoms. The van der Waals surface area contributed by atoms with Gasteiger partial charge in [0.1, 0.15) is 0 Å². The summed E-state index contributed by atoms with van der Waals surface area (Å²) in [6.45, 7) is 10.9. The molecular weight excluding hydrogens is 1090 g/mol. The first kappa shape index (κ1) is 60.5. The lowest BCUT2D eigenvalue weighted by Crippen LogP contribution is -2.30. The van der Waals surface area contributed by atoms with Gasteiger partial charge in [0.05, 0.1) is 63.9 Å². The number of anilines is 3. The van der Waals surface area contributed by atoms with Crippen molar-refractivity contribution in [2.45, 2.75) is 50.4 Å². The Labute approximate surface area is 519 Å². The van der Waals surface area contributed by atoms with Crippen LogP contribution in [0.4, 0.5) is 17.1 Å². The van der Waals surface area contributed by atoms with Gasteiger partial charge >= 0.3 is 0 Å². The third-order valence-corrected chi connectivity index (χ3v) is 18.3. The van der Waals surface area contributed by atoms with Gasteiger partial charge in [0.2, 0.25) is 0 Å². The van der Waals surface area contributed by atoms with E-state index < -0.39 is 10.8 Å². The van der Waals surface area contributed by atoms with E-state index in [9.17, 15) is 0 Å². The molecule has 0 N–H and O–H groups in total. The van der Waals surface area contributed by atoms with Gasteiger partial charge in [0.15, 0.2) is 0 Å². The van der Waals surface area contributed by atoms with E-state index in [1.807, 2.05) is 0 Å². The molecule has 12 rings (SSSR count). The van der Waals surface area contributed by atoms with E-state index in [1.165, 1.54) is 88.6 Å². The van der Waals surface area contributed by atoms with Crippen LogP contribution < -0.4 is 4.90 Å². The van der Waals surface area contributed by atoms with Gasteiger partial charge in [-0.1, -0.05) is 139 Å². The number of aromatic nitrogens is 1. The fourth-order valence-corrected chi connectivity index (χ4v) is 13.9. The van der Waals surface area contributed by atoms with Gasteiger partial charge in [-0.25, -0.2) is 0 Å². The molecule has 1 heterocycles. The molecule has 9 aromatic carbocycles. The first-order valence-electron chi connectivity index (χ1n) is 31.2. The van der Waals surface area contributed by atoms with Crippen molar-refractivity contribution in [3.8, 4) is 50.2 Å². The van der Waals surface area contributed by atoms with E-state index >= 15 is 0 Å². The molecule has 10 aromatic rings. The molecule has 1 aromatic heterocycles. The summed E-state index contributed by atoms with van der Waals surface area (Å²) in [5.41, 5.74) is 23.1. The lowest BCUT2D eigenvalue weighted by atomic mass is 9.72. The zero-order valence-electron chi connectivity index (χ0n) is 51.9. The van der Waals surface area contributed by atoms with Crippen molar-refractivity contribution in [1.29, 1.82) is 0 Å². The van der Waals surface area contributed by atoms with E-state index in [0.717, 1.165) is 59.6 Å².